The second kappa shape index (κ2) is 9.62. The monoisotopic (exact) mass is 473 g/mol. The Hall–Kier alpha value is -2.50. The number of carbonyl (C=O) groups excluding carboxylic acids is 2. The average Bonchev–Trinajstić information content (AvgIpc) is 2.64. The maximum atomic E-state index is 12.9. The van der Waals surface area contributed by atoms with Crippen LogP contribution in [0.15, 0.2) is 57.9 Å². The number of amides is 2. The van der Waals surface area contributed by atoms with Gasteiger partial charge in [0.25, 0.3) is 11.8 Å². The van der Waals surface area contributed by atoms with Gasteiger partial charge in [-0.1, -0.05) is 22.0 Å². The number of hydrogen-bond acceptors (Lipinski definition) is 5. The summed E-state index contributed by atoms with van der Waals surface area (Å²) in [6, 6.07) is 9.78. The minimum atomic E-state index is -4.03. The van der Waals surface area contributed by atoms with Gasteiger partial charge >= 0.3 is 0 Å². The predicted octanol–water partition coefficient (Wildman–Crippen LogP) is 1.48. The predicted molar refractivity (Wildman–Crippen MR) is 102 cm³/mol. The zero-order valence-electron chi connectivity index (χ0n) is 14.6. The first-order valence-corrected chi connectivity index (χ1v) is 10.2. The van der Waals surface area contributed by atoms with E-state index >= 15 is 0 Å². The van der Waals surface area contributed by atoms with Crippen LogP contribution in [-0.4, -0.2) is 32.9 Å². The van der Waals surface area contributed by atoms with Crippen LogP contribution in [0.25, 0.3) is 0 Å². The molecule has 0 bridgehead atoms. The number of ether oxygens (including phenoxy) is 1. The molecule has 0 saturated heterocycles. The molecule has 3 N–H and O–H groups in total. The van der Waals surface area contributed by atoms with E-state index in [0.29, 0.717) is 5.75 Å². The zero-order valence-corrected chi connectivity index (χ0v) is 17.0. The van der Waals surface area contributed by atoms with E-state index in [0.717, 1.165) is 28.7 Å². The molecule has 150 valence electrons. The van der Waals surface area contributed by atoms with Gasteiger partial charge in [0.1, 0.15) is 11.6 Å². The van der Waals surface area contributed by atoms with Gasteiger partial charge in [0, 0.05) is 4.47 Å². The molecule has 0 fully saturated rings. The fourth-order valence-electron chi connectivity index (χ4n) is 1.95. The quantitative estimate of drug-likeness (QED) is 0.527. The van der Waals surface area contributed by atoms with E-state index in [-0.39, 0.29) is 11.5 Å². The zero-order chi connectivity index (χ0) is 20.7. The molecule has 11 heteroatoms. The largest absolute Gasteiger partial charge is 0.484 e. The number of benzene rings is 2. The van der Waals surface area contributed by atoms with E-state index in [1.807, 2.05) is 0 Å². The molecule has 0 aliphatic rings. The molecule has 0 radical (unpaired) electrons. The Morgan fingerprint density at radius 1 is 1.14 bits per heavy atom. The Morgan fingerprint density at radius 2 is 1.82 bits per heavy atom. The molecule has 2 aromatic carbocycles. The molecule has 2 aromatic rings. The van der Waals surface area contributed by atoms with Crippen LogP contribution >= 0.6 is 15.9 Å². The van der Waals surface area contributed by atoms with Crippen molar-refractivity contribution in [2.24, 2.45) is 0 Å². The molecule has 0 aliphatic carbocycles. The number of halogens is 2. The van der Waals surface area contributed by atoms with Crippen LogP contribution in [0.4, 0.5) is 4.39 Å². The van der Waals surface area contributed by atoms with Gasteiger partial charge in [0.05, 0.1) is 10.9 Å². The van der Waals surface area contributed by atoms with Crippen LogP contribution in [0.1, 0.15) is 6.92 Å². The fourth-order valence-corrected chi connectivity index (χ4v) is 3.53. The molecule has 1 atom stereocenters. The molecule has 0 spiro atoms. The first-order chi connectivity index (χ1) is 13.2. The van der Waals surface area contributed by atoms with Gasteiger partial charge in [0.2, 0.25) is 10.0 Å². The van der Waals surface area contributed by atoms with Crippen LogP contribution in [0.5, 0.6) is 5.75 Å². The topological polar surface area (TPSA) is 114 Å². The third kappa shape index (κ3) is 6.59. The molecular weight excluding hydrogens is 457 g/mol. The molecule has 0 saturated carbocycles. The Kier molecular flexibility index (Phi) is 7.49. The number of carbonyl (C=O) groups is 2. The van der Waals surface area contributed by atoms with Crippen molar-refractivity contribution in [2.45, 2.75) is 17.9 Å². The number of sulfonamides is 1. The van der Waals surface area contributed by atoms with Crippen molar-refractivity contribution in [3.05, 3.63) is 58.8 Å². The second-order valence-corrected chi connectivity index (χ2v) is 8.21. The summed E-state index contributed by atoms with van der Waals surface area (Å²) in [6.45, 7) is 0.937. The van der Waals surface area contributed by atoms with Gasteiger partial charge in [-0.3, -0.25) is 20.4 Å². The van der Waals surface area contributed by atoms with Gasteiger partial charge in [0.15, 0.2) is 6.61 Å². The summed E-state index contributed by atoms with van der Waals surface area (Å²) >= 11 is 3.27. The van der Waals surface area contributed by atoms with E-state index < -0.39 is 33.7 Å². The molecule has 28 heavy (non-hydrogen) atoms. The van der Waals surface area contributed by atoms with E-state index in [4.69, 9.17) is 4.74 Å². The number of hydrogen-bond donors (Lipinski definition) is 3. The summed E-state index contributed by atoms with van der Waals surface area (Å²) in [5.41, 5.74) is 4.22. The Bertz CT molecular complexity index is 954. The summed E-state index contributed by atoms with van der Waals surface area (Å²) in [6.07, 6.45) is 0. The lowest BCUT2D eigenvalue weighted by molar-refractivity contribution is -0.130. The summed E-state index contributed by atoms with van der Waals surface area (Å²) in [5, 5.41) is 0. The fraction of sp³-hybridized carbons (Fsp3) is 0.176. The van der Waals surface area contributed by atoms with Crippen molar-refractivity contribution < 1.29 is 27.1 Å². The van der Waals surface area contributed by atoms with Crippen molar-refractivity contribution in [2.75, 3.05) is 6.61 Å². The third-order valence-electron chi connectivity index (χ3n) is 3.34. The average molecular weight is 474 g/mol. The smallest absolute Gasteiger partial charge is 0.276 e. The third-order valence-corrected chi connectivity index (χ3v) is 5.39. The number of hydrazine groups is 1. The maximum absolute atomic E-state index is 12.9. The minimum absolute atomic E-state index is 0.194. The summed E-state index contributed by atoms with van der Waals surface area (Å²) < 4.78 is 45.4. The number of rotatable bonds is 7. The summed E-state index contributed by atoms with van der Waals surface area (Å²) in [4.78, 5) is 23.5. The van der Waals surface area contributed by atoms with Crippen LogP contribution in [-0.2, 0) is 19.6 Å². The van der Waals surface area contributed by atoms with Crippen molar-refractivity contribution in [3.63, 3.8) is 0 Å². The molecule has 0 heterocycles. The lowest BCUT2D eigenvalue weighted by atomic mass is 10.3. The normalized spacial score (nSPS) is 12.1. The highest BCUT2D eigenvalue weighted by molar-refractivity contribution is 9.10. The van der Waals surface area contributed by atoms with Crippen molar-refractivity contribution in [3.8, 4) is 5.75 Å². The van der Waals surface area contributed by atoms with Gasteiger partial charge in [-0.25, -0.2) is 12.8 Å². The van der Waals surface area contributed by atoms with Gasteiger partial charge in [-0.2, -0.15) is 4.72 Å². The molecule has 0 aromatic heterocycles. The summed E-state index contributed by atoms with van der Waals surface area (Å²) in [5.74, 6) is -1.56. The van der Waals surface area contributed by atoms with Crippen LogP contribution < -0.4 is 20.3 Å². The first kappa shape index (κ1) is 21.8. The molecule has 8 nitrogen and oxygen atoms in total. The Morgan fingerprint density at radius 3 is 2.46 bits per heavy atom. The summed E-state index contributed by atoms with van der Waals surface area (Å²) in [7, 11) is -4.03. The minimum Gasteiger partial charge on any atom is -0.484 e. The Labute approximate surface area is 169 Å². The van der Waals surface area contributed by atoms with E-state index in [1.165, 1.54) is 6.92 Å². The van der Waals surface area contributed by atoms with Gasteiger partial charge in [-0.05, 0) is 49.4 Å². The molecule has 0 aliphatic heterocycles. The Balaban J connectivity index is 1.81. The van der Waals surface area contributed by atoms with E-state index in [1.54, 1.807) is 24.3 Å². The molecule has 0 unspecified atom stereocenters. The van der Waals surface area contributed by atoms with E-state index in [9.17, 15) is 22.4 Å². The first-order valence-electron chi connectivity index (χ1n) is 7.92. The highest BCUT2D eigenvalue weighted by Crippen LogP contribution is 2.17. The standard InChI is InChI=1S/C17H17BrFN3O5S/c1-11(22-28(25,26)15-7-5-13(19)6-8-15)17(24)21-20-16(23)10-27-14-4-2-3-12(18)9-14/h2-9,11,22H,10H2,1H3,(H,20,23)(H,21,24)/t11-/m0/s1. The SMILES string of the molecule is C[C@H](NS(=O)(=O)c1ccc(F)cc1)C(=O)NNC(=O)COc1cccc(Br)c1. The molecular formula is C17H17BrFN3O5S. The maximum Gasteiger partial charge on any atom is 0.276 e. The number of nitrogens with one attached hydrogen (secondary N) is 3. The highest BCUT2D eigenvalue weighted by Gasteiger charge is 2.22. The lowest BCUT2D eigenvalue weighted by Gasteiger charge is -2.15. The van der Waals surface area contributed by atoms with Crippen LogP contribution in [0.2, 0.25) is 0 Å². The van der Waals surface area contributed by atoms with Crippen molar-refractivity contribution in [1.29, 1.82) is 0 Å². The van der Waals surface area contributed by atoms with Crippen LogP contribution in [0, 0.1) is 5.82 Å². The molecule has 2 rings (SSSR count). The molecule has 2 amide bonds. The highest BCUT2D eigenvalue weighted by atomic mass is 79.9. The van der Waals surface area contributed by atoms with Gasteiger partial charge < -0.3 is 4.74 Å². The van der Waals surface area contributed by atoms with Crippen molar-refractivity contribution >= 4 is 37.8 Å². The van der Waals surface area contributed by atoms with E-state index in [2.05, 4.69) is 31.5 Å². The second-order valence-electron chi connectivity index (χ2n) is 5.58. The van der Waals surface area contributed by atoms with Crippen LogP contribution in [0.3, 0.4) is 0 Å². The van der Waals surface area contributed by atoms with Crippen molar-refractivity contribution in [1.82, 2.24) is 15.6 Å². The van der Waals surface area contributed by atoms with Gasteiger partial charge in [-0.15, -0.1) is 0 Å². The lowest BCUT2D eigenvalue weighted by Crippen LogP contribution is -2.51.